The molecular formula is C10H9BrN2OS. The van der Waals surface area contributed by atoms with Gasteiger partial charge < -0.3 is 4.74 Å². The third-order valence-corrected chi connectivity index (χ3v) is 3.40. The van der Waals surface area contributed by atoms with Gasteiger partial charge in [0.15, 0.2) is 0 Å². The second kappa shape index (κ2) is 4.28. The van der Waals surface area contributed by atoms with Crippen LogP contribution in [-0.4, -0.2) is 9.36 Å². The second-order valence-electron chi connectivity index (χ2n) is 3.12. The lowest BCUT2D eigenvalue weighted by Crippen LogP contribution is -1.84. The van der Waals surface area contributed by atoms with Crippen LogP contribution in [0, 0.1) is 13.8 Å². The fraction of sp³-hybridized carbons (Fsp3) is 0.200. The molecular weight excluding hydrogens is 276 g/mol. The summed E-state index contributed by atoms with van der Waals surface area (Å²) in [5.41, 5.74) is 1.18. The molecule has 0 saturated heterocycles. The molecule has 0 saturated carbocycles. The average molecular weight is 285 g/mol. The van der Waals surface area contributed by atoms with Gasteiger partial charge in [-0.25, -0.2) is 0 Å². The Morgan fingerprint density at radius 2 is 2.13 bits per heavy atom. The van der Waals surface area contributed by atoms with Gasteiger partial charge in [-0.2, -0.15) is 9.36 Å². The van der Waals surface area contributed by atoms with Crippen LogP contribution in [-0.2, 0) is 0 Å². The first-order valence-corrected chi connectivity index (χ1v) is 5.96. The predicted molar refractivity (Wildman–Crippen MR) is 63.6 cm³/mol. The molecule has 0 unspecified atom stereocenters. The third kappa shape index (κ3) is 2.54. The molecule has 0 fully saturated rings. The summed E-state index contributed by atoms with van der Waals surface area (Å²) in [4.78, 5) is 4.13. The molecule has 0 spiro atoms. The highest BCUT2D eigenvalue weighted by atomic mass is 79.9. The van der Waals surface area contributed by atoms with Crippen molar-refractivity contribution in [3.05, 3.63) is 34.1 Å². The maximum atomic E-state index is 5.55. The van der Waals surface area contributed by atoms with Gasteiger partial charge >= 0.3 is 0 Å². The zero-order valence-electron chi connectivity index (χ0n) is 8.32. The molecule has 1 aromatic heterocycles. The monoisotopic (exact) mass is 284 g/mol. The molecule has 2 rings (SSSR count). The Bertz CT molecular complexity index is 484. The van der Waals surface area contributed by atoms with Crippen LogP contribution >= 0.6 is 27.5 Å². The molecule has 15 heavy (non-hydrogen) atoms. The number of rotatable bonds is 2. The molecule has 5 heteroatoms. The molecule has 0 radical (unpaired) electrons. The quantitative estimate of drug-likeness (QED) is 0.843. The van der Waals surface area contributed by atoms with E-state index in [2.05, 4.69) is 25.3 Å². The minimum absolute atomic E-state index is 0.572. The number of nitrogens with zero attached hydrogens (tertiary/aromatic N) is 2. The fourth-order valence-electron chi connectivity index (χ4n) is 1.06. The Morgan fingerprint density at radius 1 is 1.33 bits per heavy atom. The maximum absolute atomic E-state index is 5.55. The summed E-state index contributed by atoms with van der Waals surface area (Å²) >= 11 is 4.71. The highest BCUT2D eigenvalue weighted by molar-refractivity contribution is 9.10. The molecule has 0 amide bonds. The molecule has 0 aliphatic heterocycles. The average Bonchev–Trinajstić information content (AvgIpc) is 2.58. The van der Waals surface area contributed by atoms with Crippen molar-refractivity contribution >= 4 is 27.5 Å². The van der Waals surface area contributed by atoms with Crippen LogP contribution in [0.1, 0.15) is 11.4 Å². The molecule has 0 aliphatic rings. The van der Waals surface area contributed by atoms with Gasteiger partial charge in [0.25, 0.3) is 5.19 Å². The summed E-state index contributed by atoms with van der Waals surface area (Å²) in [6.45, 7) is 3.87. The topological polar surface area (TPSA) is 35.0 Å². The highest BCUT2D eigenvalue weighted by Crippen LogP contribution is 2.27. The van der Waals surface area contributed by atoms with E-state index in [0.29, 0.717) is 5.19 Å². The standard InChI is InChI=1S/C10H9BrN2OS/c1-6-3-4-8(5-9(6)11)14-10-12-7(2)13-15-10/h3-5H,1-2H3. The van der Waals surface area contributed by atoms with E-state index < -0.39 is 0 Å². The van der Waals surface area contributed by atoms with E-state index in [1.54, 1.807) is 0 Å². The number of aryl methyl sites for hydroxylation is 2. The first kappa shape index (κ1) is 10.6. The SMILES string of the molecule is Cc1nsc(Oc2ccc(C)c(Br)c2)n1. The van der Waals surface area contributed by atoms with Crippen molar-refractivity contribution in [3.8, 4) is 10.9 Å². The lowest BCUT2D eigenvalue weighted by atomic mass is 10.2. The number of hydrogen-bond acceptors (Lipinski definition) is 4. The van der Waals surface area contributed by atoms with Crippen LogP contribution in [0.3, 0.4) is 0 Å². The van der Waals surface area contributed by atoms with Crippen molar-refractivity contribution in [2.45, 2.75) is 13.8 Å². The molecule has 0 bridgehead atoms. The number of ether oxygens (including phenoxy) is 1. The lowest BCUT2D eigenvalue weighted by molar-refractivity contribution is 0.477. The molecule has 2 aromatic rings. The number of benzene rings is 1. The van der Waals surface area contributed by atoms with Crippen LogP contribution in [0.5, 0.6) is 10.9 Å². The Labute approximate surface area is 100 Å². The molecule has 1 aromatic carbocycles. The van der Waals surface area contributed by atoms with E-state index in [9.17, 15) is 0 Å². The van der Waals surface area contributed by atoms with Crippen LogP contribution in [0.25, 0.3) is 0 Å². The van der Waals surface area contributed by atoms with Gasteiger partial charge in [-0.1, -0.05) is 22.0 Å². The summed E-state index contributed by atoms with van der Waals surface area (Å²) < 4.78 is 10.6. The smallest absolute Gasteiger partial charge is 0.298 e. The van der Waals surface area contributed by atoms with E-state index in [-0.39, 0.29) is 0 Å². The largest absolute Gasteiger partial charge is 0.430 e. The van der Waals surface area contributed by atoms with E-state index in [0.717, 1.165) is 16.0 Å². The molecule has 3 nitrogen and oxygen atoms in total. The van der Waals surface area contributed by atoms with Gasteiger partial charge in [0.05, 0.1) is 0 Å². The molecule has 0 atom stereocenters. The Balaban J connectivity index is 2.21. The van der Waals surface area contributed by atoms with Gasteiger partial charge in [0.2, 0.25) is 0 Å². The van der Waals surface area contributed by atoms with Crippen molar-refractivity contribution in [2.24, 2.45) is 0 Å². The fourth-order valence-corrected chi connectivity index (χ4v) is 1.97. The summed E-state index contributed by atoms with van der Waals surface area (Å²) in [5.74, 6) is 1.50. The number of hydrogen-bond donors (Lipinski definition) is 0. The molecule has 78 valence electrons. The highest BCUT2D eigenvalue weighted by Gasteiger charge is 2.04. The Hall–Kier alpha value is -0.940. The first-order valence-electron chi connectivity index (χ1n) is 4.39. The Kier molecular flexibility index (Phi) is 3.02. The van der Waals surface area contributed by atoms with E-state index >= 15 is 0 Å². The van der Waals surface area contributed by atoms with E-state index in [4.69, 9.17) is 4.74 Å². The summed E-state index contributed by atoms with van der Waals surface area (Å²) in [6.07, 6.45) is 0. The lowest BCUT2D eigenvalue weighted by Gasteiger charge is -2.03. The van der Waals surface area contributed by atoms with Crippen molar-refractivity contribution in [1.82, 2.24) is 9.36 Å². The van der Waals surface area contributed by atoms with Gasteiger partial charge in [0, 0.05) is 16.0 Å². The van der Waals surface area contributed by atoms with E-state index in [1.807, 2.05) is 32.0 Å². The summed E-state index contributed by atoms with van der Waals surface area (Å²) in [7, 11) is 0. The predicted octanol–water partition coefficient (Wildman–Crippen LogP) is 3.71. The van der Waals surface area contributed by atoms with Crippen LogP contribution in [0.2, 0.25) is 0 Å². The zero-order valence-corrected chi connectivity index (χ0v) is 10.7. The zero-order chi connectivity index (χ0) is 10.8. The van der Waals surface area contributed by atoms with Gasteiger partial charge in [-0.15, -0.1) is 0 Å². The molecule has 1 heterocycles. The van der Waals surface area contributed by atoms with E-state index in [1.165, 1.54) is 17.1 Å². The Morgan fingerprint density at radius 3 is 2.73 bits per heavy atom. The maximum Gasteiger partial charge on any atom is 0.298 e. The molecule has 0 aliphatic carbocycles. The first-order chi connectivity index (χ1) is 7.15. The normalized spacial score (nSPS) is 10.3. The minimum atomic E-state index is 0.572. The van der Waals surface area contributed by atoms with Crippen molar-refractivity contribution in [3.63, 3.8) is 0 Å². The molecule has 0 N–H and O–H groups in total. The van der Waals surface area contributed by atoms with Crippen molar-refractivity contribution in [2.75, 3.05) is 0 Å². The third-order valence-electron chi connectivity index (χ3n) is 1.86. The minimum Gasteiger partial charge on any atom is -0.430 e. The second-order valence-corrected chi connectivity index (χ2v) is 4.69. The van der Waals surface area contributed by atoms with Crippen LogP contribution < -0.4 is 4.74 Å². The number of halogens is 1. The number of aromatic nitrogens is 2. The van der Waals surface area contributed by atoms with Gasteiger partial charge in [-0.3, -0.25) is 0 Å². The van der Waals surface area contributed by atoms with Crippen LogP contribution in [0.15, 0.2) is 22.7 Å². The van der Waals surface area contributed by atoms with Crippen LogP contribution in [0.4, 0.5) is 0 Å². The van der Waals surface area contributed by atoms with Gasteiger partial charge in [0.1, 0.15) is 11.6 Å². The van der Waals surface area contributed by atoms with Crippen molar-refractivity contribution < 1.29 is 4.74 Å². The summed E-state index contributed by atoms with van der Waals surface area (Å²) in [6, 6.07) is 5.83. The van der Waals surface area contributed by atoms with Crippen molar-refractivity contribution in [1.29, 1.82) is 0 Å². The summed E-state index contributed by atoms with van der Waals surface area (Å²) in [5, 5.41) is 0.572. The van der Waals surface area contributed by atoms with Gasteiger partial charge in [-0.05, 0) is 31.5 Å².